The zero-order valence-electron chi connectivity index (χ0n) is 20.4. The molecule has 3 rings (SSSR count). The van der Waals surface area contributed by atoms with Crippen molar-refractivity contribution >= 4 is 51.7 Å². The van der Waals surface area contributed by atoms with Gasteiger partial charge in [-0.1, -0.05) is 72.4 Å². The van der Waals surface area contributed by atoms with Gasteiger partial charge in [0.25, 0.3) is 0 Å². The van der Waals surface area contributed by atoms with E-state index in [1.54, 1.807) is 60.7 Å². The lowest BCUT2D eigenvalue weighted by molar-refractivity contribution is -0.228. The van der Waals surface area contributed by atoms with Crippen LogP contribution in [0.15, 0.2) is 60.7 Å². The highest BCUT2D eigenvalue weighted by Crippen LogP contribution is 2.36. The van der Waals surface area contributed by atoms with Gasteiger partial charge in [0, 0.05) is 37.7 Å². The Labute approximate surface area is 222 Å². The summed E-state index contributed by atoms with van der Waals surface area (Å²) in [4.78, 5) is 61.6. The smallest absolute Gasteiger partial charge is 0.303 e. The molecule has 9 nitrogen and oxygen atoms in total. The van der Waals surface area contributed by atoms with Crippen molar-refractivity contribution in [2.45, 2.75) is 50.6 Å². The average Bonchev–Trinajstić information content (AvgIpc) is 2.86. The van der Waals surface area contributed by atoms with E-state index in [2.05, 4.69) is 0 Å². The Balaban J connectivity index is 1.92. The molecule has 0 saturated carbocycles. The van der Waals surface area contributed by atoms with Crippen molar-refractivity contribution < 1.29 is 42.9 Å². The lowest BCUT2D eigenvalue weighted by Gasteiger charge is -2.44. The van der Waals surface area contributed by atoms with Crippen molar-refractivity contribution in [3.05, 3.63) is 71.8 Å². The molecule has 1 heterocycles. The number of rotatable bonds is 8. The number of ether oxygens (including phenoxy) is 4. The Hall–Kier alpha value is -3.15. The Kier molecular flexibility index (Phi) is 10.3. The molecule has 1 saturated heterocycles. The van der Waals surface area contributed by atoms with Gasteiger partial charge >= 0.3 is 17.9 Å². The fraction of sp³-hybridized carbons (Fsp3) is 0.346. The van der Waals surface area contributed by atoms with Crippen molar-refractivity contribution in [1.82, 2.24) is 0 Å². The first kappa shape index (κ1) is 28.4. The van der Waals surface area contributed by atoms with Crippen LogP contribution >= 0.6 is 23.5 Å². The summed E-state index contributed by atoms with van der Waals surface area (Å²) >= 11 is 1.67. The maximum Gasteiger partial charge on any atom is 0.303 e. The first-order valence-corrected chi connectivity index (χ1v) is 13.2. The second kappa shape index (κ2) is 13.4. The number of hydrogen-bond donors (Lipinski definition) is 0. The van der Waals surface area contributed by atoms with Crippen LogP contribution in [0.3, 0.4) is 0 Å². The Morgan fingerprint density at radius 3 is 1.65 bits per heavy atom. The SMILES string of the molecule is CC(=O)O[C@@H]1[C@@H](OC(C)=O)[C@H](SC(=O)c2ccccc2)O[C@H](CSC(=O)c2ccccc2)[C@H]1OC(C)=O. The molecule has 0 bridgehead atoms. The van der Waals surface area contributed by atoms with Crippen LogP contribution in [0.1, 0.15) is 41.5 Å². The fourth-order valence-corrected chi connectivity index (χ4v) is 5.56. The van der Waals surface area contributed by atoms with E-state index in [1.165, 1.54) is 6.92 Å². The summed E-state index contributed by atoms with van der Waals surface area (Å²) in [5.41, 5.74) is -0.272. The van der Waals surface area contributed by atoms with Gasteiger partial charge in [0.05, 0.1) is 0 Å². The van der Waals surface area contributed by atoms with Gasteiger partial charge in [-0.25, -0.2) is 0 Å². The maximum atomic E-state index is 13.0. The van der Waals surface area contributed by atoms with E-state index in [1.807, 2.05) is 0 Å². The molecule has 0 radical (unpaired) electrons. The molecular weight excluding hydrogens is 520 g/mol. The predicted molar refractivity (Wildman–Crippen MR) is 137 cm³/mol. The van der Waals surface area contributed by atoms with Crippen molar-refractivity contribution in [3.63, 3.8) is 0 Å². The zero-order chi connectivity index (χ0) is 26.9. The summed E-state index contributed by atoms with van der Waals surface area (Å²) in [6, 6.07) is 17.0. The number of carbonyl (C=O) groups is 5. The minimum absolute atomic E-state index is 0.00676. The van der Waals surface area contributed by atoms with Gasteiger partial charge in [-0.05, 0) is 11.8 Å². The van der Waals surface area contributed by atoms with Crippen LogP contribution in [-0.2, 0) is 33.3 Å². The van der Waals surface area contributed by atoms with Crippen LogP contribution in [0, 0.1) is 0 Å². The summed E-state index contributed by atoms with van der Waals surface area (Å²) in [6.07, 6.45) is -4.73. The molecule has 0 aliphatic carbocycles. The summed E-state index contributed by atoms with van der Waals surface area (Å²) in [7, 11) is 0. The second-order valence-corrected chi connectivity index (χ2v) is 10.1. The third-order valence-corrected chi connectivity index (χ3v) is 7.17. The summed E-state index contributed by atoms with van der Waals surface area (Å²) in [6.45, 7) is 3.49. The molecular formula is C26H26O9S2. The topological polar surface area (TPSA) is 122 Å². The third-order valence-electron chi connectivity index (χ3n) is 5.12. The Morgan fingerprint density at radius 2 is 1.14 bits per heavy atom. The zero-order valence-corrected chi connectivity index (χ0v) is 22.0. The minimum Gasteiger partial charge on any atom is -0.456 e. The Morgan fingerprint density at radius 1 is 0.676 bits per heavy atom. The fourth-order valence-electron chi connectivity index (χ4n) is 3.65. The Bertz CT molecular complexity index is 1120. The molecule has 11 heteroatoms. The molecule has 2 aromatic rings. The van der Waals surface area contributed by atoms with Gasteiger partial charge in [0.1, 0.15) is 6.10 Å². The minimum atomic E-state index is -1.28. The standard InChI is InChI=1S/C26H26O9S2/c1-15(27)32-21-20(14-36-24(30)18-10-6-4-7-11-18)35-26(37-25(31)19-12-8-5-9-13-19)23(34-17(3)29)22(21)33-16(2)28/h4-13,20-23,26H,14H2,1-3H3/t20-,21-,22+,23-,26+/m1/s1. The molecule has 2 aromatic carbocycles. The molecule has 1 aliphatic heterocycles. The molecule has 0 N–H and O–H groups in total. The van der Waals surface area contributed by atoms with Crippen LogP contribution in [0.5, 0.6) is 0 Å². The van der Waals surface area contributed by atoms with Gasteiger partial charge in [-0.15, -0.1) is 0 Å². The van der Waals surface area contributed by atoms with Gasteiger partial charge in [-0.3, -0.25) is 24.0 Å². The number of thioether (sulfide) groups is 2. The first-order chi connectivity index (χ1) is 17.7. The lowest BCUT2D eigenvalue weighted by Crippen LogP contribution is -2.61. The van der Waals surface area contributed by atoms with Crippen LogP contribution in [0.4, 0.5) is 0 Å². The van der Waals surface area contributed by atoms with Crippen molar-refractivity contribution in [2.75, 3.05) is 5.75 Å². The molecule has 196 valence electrons. The van der Waals surface area contributed by atoms with Crippen molar-refractivity contribution in [1.29, 1.82) is 0 Å². The molecule has 0 amide bonds. The molecule has 37 heavy (non-hydrogen) atoms. The molecule has 0 spiro atoms. The van der Waals surface area contributed by atoms with Crippen LogP contribution in [-0.4, -0.2) is 63.7 Å². The van der Waals surface area contributed by atoms with E-state index in [-0.39, 0.29) is 16.0 Å². The molecule has 1 fully saturated rings. The second-order valence-electron chi connectivity index (χ2n) is 8.00. The van der Waals surface area contributed by atoms with Gasteiger partial charge < -0.3 is 18.9 Å². The van der Waals surface area contributed by atoms with E-state index in [0.717, 1.165) is 37.4 Å². The van der Waals surface area contributed by atoms with Crippen LogP contribution in [0.25, 0.3) is 0 Å². The number of hydrogen-bond acceptors (Lipinski definition) is 11. The highest BCUT2D eigenvalue weighted by molar-refractivity contribution is 8.14. The largest absolute Gasteiger partial charge is 0.456 e. The quantitative estimate of drug-likeness (QED) is 0.356. The van der Waals surface area contributed by atoms with E-state index in [4.69, 9.17) is 18.9 Å². The number of carbonyl (C=O) groups excluding carboxylic acids is 5. The summed E-state index contributed by atoms with van der Waals surface area (Å²) < 4.78 is 22.5. The predicted octanol–water partition coefficient (Wildman–Crippen LogP) is 3.65. The lowest BCUT2D eigenvalue weighted by atomic mass is 10.00. The number of benzene rings is 2. The van der Waals surface area contributed by atoms with E-state index < -0.39 is 47.8 Å². The van der Waals surface area contributed by atoms with Crippen molar-refractivity contribution in [3.8, 4) is 0 Å². The monoisotopic (exact) mass is 546 g/mol. The highest BCUT2D eigenvalue weighted by atomic mass is 32.2. The maximum absolute atomic E-state index is 13.0. The van der Waals surface area contributed by atoms with Gasteiger partial charge in [0.2, 0.25) is 10.2 Å². The van der Waals surface area contributed by atoms with Gasteiger partial charge in [0.15, 0.2) is 23.7 Å². The average molecular weight is 547 g/mol. The highest BCUT2D eigenvalue weighted by Gasteiger charge is 2.52. The summed E-state index contributed by atoms with van der Waals surface area (Å²) in [5.74, 6) is -2.11. The molecule has 0 aromatic heterocycles. The van der Waals surface area contributed by atoms with Crippen LogP contribution in [0.2, 0.25) is 0 Å². The third kappa shape index (κ3) is 8.17. The van der Waals surface area contributed by atoms with E-state index in [0.29, 0.717) is 11.1 Å². The van der Waals surface area contributed by atoms with Gasteiger partial charge in [-0.2, -0.15) is 0 Å². The van der Waals surface area contributed by atoms with Crippen molar-refractivity contribution in [2.24, 2.45) is 0 Å². The summed E-state index contributed by atoms with van der Waals surface area (Å²) in [5, 5.41) is -0.622. The molecule has 5 atom stereocenters. The van der Waals surface area contributed by atoms with E-state index in [9.17, 15) is 24.0 Å². The van der Waals surface area contributed by atoms with Crippen LogP contribution < -0.4 is 0 Å². The molecule has 0 unspecified atom stereocenters. The van der Waals surface area contributed by atoms with E-state index >= 15 is 0 Å². The normalized spacial score (nSPS) is 22.9. The first-order valence-electron chi connectivity index (χ1n) is 11.3. The number of esters is 3. The molecule has 1 aliphatic rings.